The summed E-state index contributed by atoms with van der Waals surface area (Å²) in [6.45, 7) is 9.16. The Hall–Kier alpha value is -1.38. The quantitative estimate of drug-likeness (QED) is 0.519. The first-order chi connectivity index (χ1) is 14.2. The second-order valence-electron chi connectivity index (χ2n) is 11.4. The normalized spacial score (nSPS) is 42.1. The molecule has 0 heterocycles. The van der Waals surface area contributed by atoms with Gasteiger partial charge in [0.25, 0.3) is 0 Å². The number of rotatable bonds is 5. The maximum Gasteiger partial charge on any atom is 0.330 e. The number of ketones is 1. The highest BCUT2D eigenvalue weighted by atomic mass is 16.4. The lowest BCUT2D eigenvalue weighted by atomic mass is 9.46. The van der Waals surface area contributed by atoms with Gasteiger partial charge in [-0.05, 0) is 111 Å². The van der Waals surface area contributed by atoms with E-state index in [0.29, 0.717) is 22.7 Å². The number of carboxylic acid groups (broad SMARTS) is 1. The molecular weight excluding hydrogens is 372 g/mol. The molecule has 4 aliphatic rings. The minimum Gasteiger partial charge on any atom is -0.478 e. The van der Waals surface area contributed by atoms with Gasteiger partial charge in [-0.3, -0.25) is 4.79 Å². The molecule has 3 nitrogen and oxygen atoms in total. The van der Waals surface area contributed by atoms with E-state index in [9.17, 15) is 9.59 Å². The highest BCUT2D eigenvalue weighted by molar-refractivity contribution is 5.91. The summed E-state index contributed by atoms with van der Waals surface area (Å²) in [7, 11) is 0. The van der Waals surface area contributed by atoms with Crippen molar-refractivity contribution in [3.05, 3.63) is 23.3 Å². The first-order valence-corrected chi connectivity index (χ1v) is 12.3. The van der Waals surface area contributed by atoms with E-state index in [1.807, 2.05) is 12.2 Å². The lowest BCUT2D eigenvalue weighted by Gasteiger charge is -2.58. The molecule has 0 bridgehead atoms. The van der Waals surface area contributed by atoms with Gasteiger partial charge >= 0.3 is 5.97 Å². The van der Waals surface area contributed by atoms with Crippen molar-refractivity contribution in [2.45, 2.75) is 91.9 Å². The molecule has 0 saturated heterocycles. The van der Waals surface area contributed by atoms with Gasteiger partial charge in [-0.1, -0.05) is 32.4 Å². The van der Waals surface area contributed by atoms with Crippen LogP contribution in [0.15, 0.2) is 23.3 Å². The fourth-order valence-corrected chi connectivity index (χ4v) is 8.39. The van der Waals surface area contributed by atoms with E-state index in [1.54, 1.807) is 6.92 Å². The summed E-state index contributed by atoms with van der Waals surface area (Å²) in [6, 6.07) is 0. The molecule has 0 amide bonds. The molecule has 3 heteroatoms. The monoisotopic (exact) mass is 412 g/mol. The van der Waals surface area contributed by atoms with Crippen LogP contribution in [0.1, 0.15) is 91.9 Å². The number of carboxylic acids is 1. The van der Waals surface area contributed by atoms with Gasteiger partial charge in [0.1, 0.15) is 0 Å². The standard InChI is InChI=1S/C27H40O3/c1-17(6-5-7-18(2)25(29)30)22-10-11-23-21-9-8-19-16-20(28)12-14-26(19,3)24(21)13-15-27(22,23)4/h7,16-17,21-24H,5-6,8-15H2,1-4H3,(H,29,30)/b18-7+/t17-,21+,22-,23+,24+,26+,27-/m1/s1. The molecule has 0 radical (unpaired) electrons. The minimum absolute atomic E-state index is 0.265. The number of hydrogen-bond donors (Lipinski definition) is 1. The SMILES string of the molecule is C/C(=C\CC[C@@H](C)[C@H]1CC[C@H]2[C@@H]3CCC4=CC(=O)CC[C@]4(C)[C@H]3CC[C@]12C)C(=O)O. The van der Waals surface area contributed by atoms with Crippen molar-refractivity contribution in [1.29, 1.82) is 0 Å². The van der Waals surface area contributed by atoms with Gasteiger partial charge in [0, 0.05) is 12.0 Å². The first-order valence-electron chi connectivity index (χ1n) is 12.3. The Balaban J connectivity index is 1.48. The maximum atomic E-state index is 12.0. The zero-order valence-electron chi connectivity index (χ0n) is 19.4. The number of carbonyl (C=O) groups is 2. The molecule has 1 N–H and O–H groups in total. The largest absolute Gasteiger partial charge is 0.478 e. The van der Waals surface area contributed by atoms with Crippen LogP contribution in [0.5, 0.6) is 0 Å². The Morgan fingerprint density at radius 1 is 1.17 bits per heavy atom. The van der Waals surface area contributed by atoms with Crippen LogP contribution in [-0.4, -0.2) is 16.9 Å². The summed E-state index contributed by atoms with van der Waals surface area (Å²) in [5.41, 5.74) is 2.64. The number of allylic oxidation sites excluding steroid dienone is 2. The van der Waals surface area contributed by atoms with Crippen LogP contribution in [0.3, 0.4) is 0 Å². The van der Waals surface area contributed by atoms with Gasteiger partial charge in [-0.15, -0.1) is 0 Å². The predicted octanol–water partition coefficient (Wildman–Crippen LogP) is 6.58. The van der Waals surface area contributed by atoms with Crippen LogP contribution in [-0.2, 0) is 9.59 Å². The van der Waals surface area contributed by atoms with E-state index < -0.39 is 5.97 Å². The van der Waals surface area contributed by atoms with Crippen LogP contribution in [0.25, 0.3) is 0 Å². The van der Waals surface area contributed by atoms with E-state index in [-0.39, 0.29) is 5.41 Å². The second kappa shape index (κ2) is 7.95. The van der Waals surface area contributed by atoms with Crippen molar-refractivity contribution >= 4 is 11.8 Å². The third-order valence-electron chi connectivity index (χ3n) is 10.1. The van der Waals surface area contributed by atoms with Crippen LogP contribution in [0.4, 0.5) is 0 Å². The molecule has 0 unspecified atom stereocenters. The van der Waals surface area contributed by atoms with E-state index in [4.69, 9.17) is 5.11 Å². The summed E-state index contributed by atoms with van der Waals surface area (Å²) >= 11 is 0. The number of fused-ring (bicyclic) bond motifs is 5. The molecule has 0 aromatic carbocycles. The van der Waals surface area contributed by atoms with Gasteiger partial charge in [0.2, 0.25) is 0 Å². The van der Waals surface area contributed by atoms with Crippen molar-refractivity contribution in [2.75, 3.05) is 0 Å². The summed E-state index contributed by atoms with van der Waals surface area (Å²) in [5.74, 6) is 3.39. The lowest BCUT2D eigenvalue weighted by Crippen LogP contribution is -2.50. The molecule has 0 spiro atoms. The number of carbonyl (C=O) groups excluding carboxylic acids is 1. The zero-order valence-corrected chi connectivity index (χ0v) is 19.4. The summed E-state index contributed by atoms with van der Waals surface area (Å²) in [6.07, 6.45) is 15.5. The molecule has 7 atom stereocenters. The molecule has 4 aliphatic carbocycles. The van der Waals surface area contributed by atoms with Gasteiger partial charge in [0.15, 0.2) is 5.78 Å². The Labute approximate surface area is 182 Å². The Kier molecular flexibility index (Phi) is 5.79. The lowest BCUT2D eigenvalue weighted by molar-refractivity contribution is -0.132. The van der Waals surface area contributed by atoms with Crippen LogP contribution >= 0.6 is 0 Å². The minimum atomic E-state index is -0.794. The van der Waals surface area contributed by atoms with Crippen molar-refractivity contribution in [1.82, 2.24) is 0 Å². The average Bonchev–Trinajstić information content (AvgIpc) is 3.05. The molecule has 0 aliphatic heterocycles. The van der Waals surface area contributed by atoms with Gasteiger partial charge in [-0.25, -0.2) is 4.79 Å². The fourth-order valence-electron chi connectivity index (χ4n) is 8.39. The number of hydrogen-bond acceptors (Lipinski definition) is 2. The predicted molar refractivity (Wildman–Crippen MR) is 120 cm³/mol. The highest BCUT2D eigenvalue weighted by Gasteiger charge is 2.59. The van der Waals surface area contributed by atoms with Crippen LogP contribution in [0.2, 0.25) is 0 Å². The summed E-state index contributed by atoms with van der Waals surface area (Å²) in [5, 5.41) is 9.09. The maximum absolute atomic E-state index is 12.0. The molecular formula is C27H40O3. The van der Waals surface area contributed by atoms with Crippen LogP contribution in [0, 0.1) is 40.4 Å². The third kappa shape index (κ3) is 3.50. The van der Waals surface area contributed by atoms with Crippen molar-refractivity contribution in [2.24, 2.45) is 40.4 Å². The van der Waals surface area contributed by atoms with Gasteiger partial charge < -0.3 is 5.11 Å². The Bertz CT molecular complexity index is 777. The highest BCUT2D eigenvalue weighted by Crippen LogP contribution is 2.67. The van der Waals surface area contributed by atoms with Gasteiger partial charge in [0.05, 0.1) is 0 Å². The van der Waals surface area contributed by atoms with E-state index in [2.05, 4.69) is 20.8 Å². The van der Waals surface area contributed by atoms with Crippen molar-refractivity contribution < 1.29 is 14.7 Å². The molecule has 30 heavy (non-hydrogen) atoms. The summed E-state index contributed by atoms with van der Waals surface area (Å²) < 4.78 is 0. The second-order valence-corrected chi connectivity index (χ2v) is 11.4. The molecule has 4 rings (SSSR count). The Morgan fingerprint density at radius 3 is 2.67 bits per heavy atom. The van der Waals surface area contributed by atoms with Crippen molar-refractivity contribution in [3.63, 3.8) is 0 Å². The zero-order chi connectivity index (χ0) is 21.7. The molecule has 166 valence electrons. The molecule has 3 fully saturated rings. The molecule has 0 aromatic heterocycles. The summed E-state index contributed by atoms with van der Waals surface area (Å²) in [4.78, 5) is 23.1. The van der Waals surface area contributed by atoms with Crippen LogP contribution < -0.4 is 0 Å². The van der Waals surface area contributed by atoms with E-state index >= 15 is 0 Å². The Morgan fingerprint density at radius 2 is 1.93 bits per heavy atom. The molecule has 0 aromatic rings. The molecule has 3 saturated carbocycles. The third-order valence-corrected chi connectivity index (χ3v) is 10.1. The smallest absolute Gasteiger partial charge is 0.330 e. The average molecular weight is 413 g/mol. The van der Waals surface area contributed by atoms with Gasteiger partial charge in [-0.2, -0.15) is 0 Å². The van der Waals surface area contributed by atoms with Crippen molar-refractivity contribution in [3.8, 4) is 0 Å². The topological polar surface area (TPSA) is 54.4 Å². The van der Waals surface area contributed by atoms with E-state index in [1.165, 1.54) is 37.7 Å². The number of aliphatic carboxylic acids is 1. The fraction of sp³-hybridized carbons (Fsp3) is 0.778. The van der Waals surface area contributed by atoms with E-state index in [0.717, 1.165) is 55.8 Å². The first kappa shape index (κ1) is 21.8.